The minimum absolute atomic E-state index is 0.0179. The summed E-state index contributed by atoms with van der Waals surface area (Å²) in [6.45, 7) is 0. The molecular formula is C25H20N2O2S. The van der Waals surface area contributed by atoms with Crippen molar-refractivity contribution in [2.24, 2.45) is 4.99 Å². The van der Waals surface area contributed by atoms with Crippen LogP contribution in [0.1, 0.15) is 17.0 Å². The lowest BCUT2D eigenvalue weighted by Crippen LogP contribution is -2.42. The predicted octanol–water partition coefficient (Wildman–Crippen LogP) is 4.85. The van der Waals surface area contributed by atoms with Gasteiger partial charge in [-0.25, -0.2) is 0 Å². The summed E-state index contributed by atoms with van der Waals surface area (Å²) in [6, 6.07) is 24.6. The molecule has 0 saturated carbocycles. The lowest BCUT2D eigenvalue weighted by atomic mass is 9.75. The zero-order chi connectivity index (χ0) is 20.5. The van der Waals surface area contributed by atoms with E-state index in [-0.39, 0.29) is 17.9 Å². The number of amides is 1. The van der Waals surface area contributed by atoms with Crippen LogP contribution in [-0.4, -0.2) is 30.4 Å². The third kappa shape index (κ3) is 2.13. The summed E-state index contributed by atoms with van der Waals surface area (Å²) in [4.78, 5) is 20.5. The molecule has 3 heterocycles. The van der Waals surface area contributed by atoms with Gasteiger partial charge in [-0.1, -0.05) is 54.6 Å². The van der Waals surface area contributed by atoms with Crippen molar-refractivity contribution in [2.75, 3.05) is 18.2 Å². The van der Waals surface area contributed by atoms with Crippen LogP contribution >= 0.6 is 11.8 Å². The normalized spacial score (nSPS) is 25.7. The monoisotopic (exact) mass is 412 g/mol. The number of likely N-dealkylation sites (N-methyl/N-ethyl adjacent to an activating group) is 1. The maximum Gasteiger partial charge on any atom is 0.260 e. The van der Waals surface area contributed by atoms with Crippen LogP contribution in [-0.2, 0) is 10.3 Å². The summed E-state index contributed by atoms with van der Waals surface area (Å²) < 4.78 is 6.39. The Hall–Kier alpha value is -3.05. The lowest BCUT2D eigenvalue weighted by molar-refractivity contribution is -0.123. The number of anilines is 1. The molecule has 6 rings (SSSR count). The lowest BCUT2D eigenvalue weighted by Gasteiger charge is -2.27. The first-order valence-electron chi connectivity index (χ1n) is 10.0. The van der Waals surface area contributed by atoms with Crippen LogP contribution in [0, 0.1) is 0 Å². The molecule has 0 radical (unpaired) electrons. The van der Waals surface area contributed by atoms with Crippen molar-refractivity contribution in [1.82, 2.24) is 0 Å². The molecule has 0 saturated heterocycles. The molecule has 30 heavy (non-hydrogen) atoms. The Bertz CT molecular complexity index is 1220. The van der Waals surface area contributed by atoms with Crippen LogP contribution in [0.5, 0.6) is 5.75 Å². The highest BCUT2D eigenvalue weighted by atomic mass is 32.2. The first-order chi connectivity index (χ1) is 14.6. The second kappa shape index (κ2) is 6.22. The number of carbonyl (C=O) groups excluding carboxylic acids is 1. The van der Waals surface area contributed by atoms with Gasteiger partial charge in [0.05, 0.1) is 5.92 Å². The second-order valence-corrected chi connectivity index (χ2v) is 8.76. The molecule has 4 nitrogen and oxygen atoms in total. The van der Waals surface area contributed by atoms with Gasteiger partial charge in [-0.3, -0.25) is 9.79 Å². The first kappa shape index (κ1) is 17.8. The fraction of sp³-hybridized carbons (Fsp3) is 0.200. The summed E-state index contributed by atoms with van der Waals surface area (Å²) in [7, 11) is 1.84. The summed E-state index contributed by atoms with van der Waals surface area (Å²) in [6.07, 6.45) is 1.77. The molecule has 3 aliphatic heterocycles. The van der Waals surface area contributed by atoms with Crippen molar-refractivity contribution in [2.45, 2.75) is 17.6 Å². The van der Waals surface area contributed by atoms with Gasteiger partial charge in [-0.05, 0) is 35.6 Å². The van der Waals surface area contributed by atoms with Gasteiger partial charge < -0.3 is 9.64 Å². The van der Waals surface area contributed by atoms with Crippen LogP contribution in [0.25, 0.3) is 11.1 Å². The van der Waals surface area contributed by atoms with E-state index in [1.807, 2.05) is 61.8 Å². The zero-order valence-corrected chi connectivity index (χ0v) is 17.5. The number of fused-ring (bicyclic) bond motifs is 6. The van der Waals surface area contributed by atoms with Crippen LogP contribution in [0.2, 0.25) is 0 Å². The Balaban J connectivity index is 1.58. The molecule has 0 bridgehead atoms. The molecule has 1 spiro atoms. The number of hydrogen-bond donors (Lipinski definition) is 0. The van der Waals surface area contributed by atoms with Gasteiger partial charge in [0.1, 0.15) is 10.8 Å². The molecule has 0 aromatic heterocycles. The largest absolute Gasteiger partial charge is 0.482 e. The minimum Gasteiger partial charge on any atom is -0.482 e. The number of ether oxygens (including phenoxy) is 1. The maximum absolute atomic E-state index is 13.7. The zero-order valence-electron chi connectivity index (χ0n) is 16.7. The van der Waals surface area contributed by atoms with E-state index in [1.54, 1.807) is 16.7 Å². The van der Waals surface area contributed by atoms with Crippen LogP contribution in [0.4, 0.5) is 5.69 Å². The van der Waals surface area contributed by atoms with Gasteiger partial charge in [0.25, 0.3) is 5.91 Å². The number of hydrogen-bond acceptors (Lipinski definition) is 4. The highest BCUT2D eigenvalue weighted by molar-refractivity contribution is 8.13. The summed E-state index contributed by atoms with van der Waals surface area (Å²) >= 11 is 1.57. The van der Waals surface area contributed by atoms with E-state index in [2.05, 4.69) is 24.3 Å². The Morgan fingerprint density at radius 3 is 2.57 bits per heavy atom. The fourth-order valence-corrected chi connectivity index (χ4v) is 5.81. The SMILES string of the molecule is CSC1=N[C@@]2(C(=O)N(C)c3ccccc32)[C@@H]2c3cc(-c4ccccc4)ccc3O[C@H]12. The molecule has 0 fully saturated rings. The van der Waals surface area contributed by atoms with Gasteiger partial charge in [0, 0.05) is 23.9 Å². The number of aliphatic imine (C=N–C) groups is 1. The molecular weight excluding hydrogens is 392 g/mol. The van der Waals surface area contributed by atoms with Gasteiger partial charge in [0.15, 0.2) is 11.6 Å². The molecule has 3 aromatic carbocycles. The van der Waals surface area contributed by atoms with E-state index in [9.17, 15) is 4.79 Å². The highest BCUT2D eigenvalue weighted by Gasteiger charge is 2.65. The van der Waals surface area contributed by atoms with Crippen LogP contribution in [0.3, 0.4) is 0 Å². The predicted molar refractivity (Wildman–Crippen MR) is 122 cm³/mol. The van der Waals surface area contributed by atoms with Crippen molar-refractivity contribution in [1.29, 1.82) is 0 Å². The Labute approximate surface area is 179 Å². The van der Waals surface area contributed by atoms with Gasteiger partial charge in [-0.15, -0.1) is 11.8 Å². The molecule has 1 amide bonds. The highest BCUT2D eigenvalue weighted by Crippen LogP contribution is 2.60. The minimum atomic E-state index is -0.963. The van der Waals surface area contributed by atoms with E-state index in [4.69, 9.17) is 9.73 Å². The average molecular weight is 413 g/mol. The third-order valence-electron chi connectivity index (χ3n) is 6.50. The van der Waals surface area contributed by atoms with Crippen LogP contribution < -0.4 is 9.64 Å². The van der Waals surface area contributed by atoms with Crippen molar-refractivity contribution in [3.8, 4) is 16.9 Å². The number of carbonyl (C=O) groups is 1. The van der Waals surface area contributed by atoms with E-state index >= 15 is 0 Å². The standard InChI is InChI=1S/C25H20N2O2S/c1-27-19-11-7-6-10-18(19)25(24(27)28)21-17-14-16(15-8-4-3-5-9-15)12-13-20(17)29-22(21)23(26-25)30-2/h3-14,21-22H,1-2H3/t21-,22+,25-/m1/s1. The van der Waals surface area contributed by atoms with E-state index in [0.29, 0.717) is 0 Å². The topological polar surface area (TPSA) is 41.9 Å². The Morgan fingerprint density at radius 1 is 1.00 bits per heavy atom. The molecule has 3 atom stereocenters. The van der Waals surface area contributed by atoms with E-state index in [1.165, 1.54) is 0 Å². The fourth-order valence-electron chi connectivity index (χ4n) is 5.16. The molecule has 0 aliphatic carbocycles. The van der Waals surface area contributed by atoms with Crippen molar-refractivity contribution in [3.63, 3.8) is 0 Å². The number of rotatable bonds is 1. The maximum atomic E-state index is 13.7. The molecule has 0 unspecified atom stereocenters. The second-order valence-electron chi connectivity index (χ2n) is 7.94. The summed E-state index contributed by atoms with van der Waals surface area (Å²) in [5, 5.41) is 0.885. The van der Waals surface area contributed by atoms with Crippen molar-refractivity contribution < 1.29 is 9.53 Å². The molecule has 3 aliphatic rings. The average Bonchev–Trinajstić information content (AvgIpc) is 3.40. The third-order valence-corrected chi connectivity index (χ3v) is 7.25. The first-order valence-corrected chi connectivity index (χ1v) is 11.2. The summed E-state index contributed by atoms with van der Waals surface area (Å²) in [5.74, 6) is 0.701. The molecule has 3 aromatic rings. The van der Waals surface area contributed by atoms with Crippen LogP contribution in [0.15, 0.2) is 77.8 Å². The number of para-hydroxylation sites is 1. The van der Waals surface area contributed by atoms with Crippen molar-refractivity contribution >= 4 is 28.4 Å². The van der Waals surface area contributed by atoms with E-state index < -0.39 is 5.54 Å². The number of nitrogens with zero attached hydrogens (tertiary/aromatic N) is 2. The van der Waals surface area contributed by atoms with Gasteiger partial charge >= 0.3 is 0 Å². The Kier molecular flexibility index (Phi) is 3.69. The number of benzene rings is 3. The molecule has 5 heteroatoms. The van der Waals surface area contributed by atoms with Gasteiger partial charge in [-0.2, -0.15) is 0 Å². The smallest absolute Gasteiger partial charge is 0.260 e. The number of thioether (sulfide) groups is 1. The Morgan fingerprint density at radius 2 is 1.77 bits per heavy atom. The molecule has 0 N–H and O–H groups in total. The summed E-state index contributed by atoms with van der Waals surface area (Å²) in [5.41, 5.74) is 4.27. The van der Waals surface area contributed by atoms with E-state index in [0.717, 1.165) is 38.7 Å². The quantitative estimate of drug-likeness (QED) is 0.574. The van der Waals surface area contributed by atoms with Gasteiger partial charge in [0.2, 0.25) is 0 Å². The molecule has 148 valence electrons. The van der Waals surface area contributed by atoms with Crippen molar-refractivity contribution in [3.05, 3.63) is 83.9 Å².